The van der Waals surface area contributed by atoms with Crippen molar-refractivity contribution >= 4 is 23.0 Å². The van der Waals surface area contributed by atoms with Crippen LogP contribution >= 0.6 is 0 Å². The lowest BCUT2D eigenvalue weighted by atomic mass is 10.0. The average Bonchev–Trinajstić information content (AvgIpc) is 2.46. The Kier molecular flexibility index (Phi) is 5.39. The number of nitrogens with one attached hydrogen (secondary N) is 1. The molecule has 2 N–H and O–H groups in total. The van der Waals surface area contributed by atoms with Crippen LogP contribution in [0.15, 0.2) is 27.6 Å². The van der Waals surface area contributed by atoms with Gasteiger partial charge < -0.3 is 19.6 Å². The number of aliphatic carboxylic acids is 1. The summed E-state index contributed by atoms with van der Waals surface area (Å²) < 4.78 is 10.6. The number of rotatable bonds is 4. The van der Waals surface area contributed by atoms with Crippen molar-refractivity contribution in [2.45, 2.75) is 52.7 Å². The molecular weight excluding hydrogens is 338 g/mol. The molecule has 1 atom stereocenters. The average molecular weight is 361 g/mol. The minimum Gasteiger partial charge on any atom is -0.480 e. The van der Waals surface area contributed by atoms with Crippen molar-refractivity contribution in [1.29, 1.82) is 0 Å². The number of carbonyl (C=O) groups excluding carboxylic acids is 1. The zero-order chi connectivity index (χ0) is 19.6. The highest BCUT2D eigenvalue weighted by Gasteiger charge is 2.25. The van der Waals surface area contributed by atoms with Crippen molar-refractivity contribution in [3.63, 3.8) is 0 Å². The van der Waals surface area contributed by atoms with E-state index in [0.29, 0.717) is 11.0 Å². The van der Waals surface area contributed by atoms with Crippen molar-refractivity contribution in [2.24, 2.45) is 0 Å². The predicted molar refractivity (Wildman–Crippen MR) is 96.5 cm³/mol. The molecule has 26 heavy (non-hydrogen) atoms. The highest BCUT2D eigenvalue weighted by molar-refractivity contribution is 5.82. The van der Waals surface area contributed by atoms with E-state index in [2.05, 4.69) is 5.32 Å². The summed E-state index contributed by atoms with van der Waals surface area (Å²) in [6, 6.07) is 2.30. The third-order valence-electron chi connectivity index (χ3n) is 3.70. The number of fused-ring (bicyclic) bond motifs is 1. The van der Waals surface area contributed by atoms with Gasteiger partial charge in [-0.2, -0.15) is 0 Å². The summed E-state index contributed by atoms with van der Waals surface area (Å²) in [5.41, 5.74) is 1.27. The summed E-state index contributed by atoms with van der Waals surface area (Å²) in [6.07, 6.45) is 0.179. The van der Waals surface area contributed by atoms with Crippen LogP contribution in [0, 0.1) is 13.8 Å². The van der Waals surface area contributed by atoms with Gasteiger partial charge in [-0.1, -0.05) is 6.07 Å². The molecular formula is C19H23NO6. The van der Waals surface area contributed by atoms with E-state index >= 15 is 0 Å². The highest BCUT2D eigenvalue weighted by atomic mass is 16.6. The van der Waals surface area contributed by atoms with E-state index in [0.717, 1.165) is 11.1 Å². The van der Waals surface area contributed by atoms with Crippen LogP contribution in [0.25, 0.3) is 11.0 Å². The quantitative estimate of drug-likeness (QED) is 0.867. The van der Waals surface area contributed by atoms with Gasteiger partial charge in [0.2, 0.25) is 0 Å². The number of aryl methyl sites for hydroxylation is 2. The fraction of sp³-hybridized carbons (Fsp3) is 0.421. The van der Waals surface area contributed by atoms with E-state index in [9.17, 15) is 19.5 Å². The molecule has 0 saturated heterocycles. The SMILES string of the molecule is Cc1cc(C)c2c(=O)c(CC(NC(=O)OC(C)(C)C)C(=O)O)coc2c1. The number of carboxylic acids is 1. The summed E-state index contributed by atoms with van der Waals surface area (Å²) >= 11 is 0. The number of benzene rings is 1. The number of carbonyl (C=O) groups is 2. The van der Waals surface area contributed by atoms with E-state index in [-0.39, 0.29) is 17.4 Å². The van der Waals surface area contributed by atoms with Gasteiger partial charge in [0, 0.05) is 12.0 Å². The lowest BCUT2D eigenvalue weighted by Gasteiger charge is -2.22. The number of amides is 1. The molecule has 0 spiro atoms. The first-order chi connectivity index (χ1) is 12.0. The molecule has 2 rings (SSSR count). The highest BCUT2D eigenvalue weighted by Crippen LogP contribution is 2.18. The number of hydrogen-bond acceptors (Lipinski definition) is 5. The zero-order valence-electron chi connectivity index (χ0n) is 15.5. The summed E-state index contributed by atoms with van der Waals surface area (Å²) in [5.74, 6) is -1.27. The number of alkyl carbamates (subject to hydrolysis) is 1. The molecule has 0 aliphatic carbocycles. The van der Waals surface area contributed by atoms with Gasteiger partial charge in [-0.05, 0) is 51.8 Å². The van der Waals surface area contributed by atoms with Gasteiger partial charge in [0.25, 0.3) is 0 Å². The first-order valence-corrected chi connectivity index (χ1v) is 8.22. The van der Waals surface area contributed by atoms with Gasteiger partial charge in [-0.25, -0.2) is 9.59 Å². The molecule has 0 aliphatic heterocycles. The molecule has 1 aromatic carbocycles. The Balaban J connectivity index is 2.32. The van der Waals surface area contributed by atoms with E-state index in [4.69, 9.17) is 9.15 Å². The molecule has 7 nitrogen and oxygen atoms in total. The van der Waals surface area contributed by atoms with Crippen LogP contribution < -0.4 is 10.7 Å². The number of hydrogen-bond donors (Lipinski definition) is 2. The van der Waals surface area contributed by atoms with Crippen LogP contribution in [0.2, 0.25) is 0 Å². The Morgan fingerprint density at radius 1 is 1.27 bits per heavy atom. The Bertz CT molecular complexity index is 907. The largest absolute Gasteiger partial charge is 0.480 e. The van der Waals surface area contributed by atoms with Crippen LogP contribution in [0.1, 0.15) is 37.5 Å². The third kappa shape index (κ3) is 4.62. The summed E-state index contributed by atoms with van der Waals surface area (Å²) in [5, 5.41) is 12.1. The van der Waals surface area contributed by atoms with Crippen LogP contribution in [0.4, 0.5) is 4.79 Å². The summed E-state index contributed by atoms with van der Waals surface area (Å²) in [7, 11) is 0. The lowest BCUT2D eigenvalue weighted by molar-refractivity contribution is -0.139. The lowest BCUT2D eigenvalue weighted by Crippen LogP contribution is -2.45. The summed E-state index contributed by atoms with van der Waals surface area (Å²) in [4.78, 5) is 36.1. The van der Waals surface area contributed by atoms with Crippen LogP contribution in [0.5, 0.6) is 0 Å². The third-order valence-corrected chi connectivity index (χ3v) is 3.70. The number of ether oxygens (including phenoxy) is 1. The molecule has 0 radical (unpaired) electrons. The summed E-state index contributed by atoms with van der Waals surface area (Å²) in [6.45, 7) is 8.70. The monoisotopic (exact) mass is 361 g/mol. The maximum Gasteiger partial charge on any atom is 0.408 e. The standard InChI is InChI=1S/C19H23NO6/c1-10-6-11(2)15-14(7-10)25-9-12(16(15)21)8-13(17(22)23)20-18(24)26-19(3,4)5/h6-7,9,13H,8H2,1-5H3,(H,20,24)(H,22,23). The Labute approximate surface area is 151 Å². The van der Waals surface area contributed by atoms with Crippen molar-refractivity contribution in [3.05, 3.63) is 45.3 Å². The zero-order valence-corrected chi connectivity index (χ0v) is 15.5. The maximum absolute atomic E-state index is 12.7. The van der Waals surface area contributed by atoms with E-state index in [1.165, 1.54) is 6.26 Å². The molecule has 7 heteroatoms. The van der Waals surface area contributed by atoms with Gasteiger partial charge >= 0.3 is 12.1 Å². The van der Waals surface area contributed by atoms with Gasteiger partial charge in [-0.15, -0.1) is 0 Å². The fourth-order valence-electron chi connectivity index (χ4n) is 2.67. The molecule has 1 heterocycles. The van der Waals surface area contributed by atoms with Crippen molar-refractivity contribution in [3.8, 4) is 0 Å². The molecule has 0 fully saturated rings. The maximum atomic E-state index is 12.7. The smallest absolute Gasteiger partial charge is 0.408 e. The molecule has 0 aliphatic rings. The van der Waals surface area contributed by atoms with Crippen molar-refractivity contribution in [2.75, 3.05) is 0 Å². The fourth-order valence-corrected chi connectivity index (χ4v) is 2.67. The van der Waals surface area contributed by atoms with Crippen LogP contribution in [-0.2, 0) is 16.0 Å². The van der Waals surface area contributed by atoms with Gasteiger partial charge in [0.1, 0.15) is 17.2 Å². The molecule has 1 unspecified atom stereocenters. The van der Waals surface area contributed by atoms with Crippen LogP contribution in [0.3, 0.4) is 0 Å². The second-order valence-electron chi connectivity index (χ2n) is 7.29. The van der Waals surface area contributed by atoms with Crippen LogP contribution in [-0.4, -0.2) is 28.8 Å². The van der Waals surface area contributed by atoms with Gasteiger partial charge in [-0.3, -0.25) is 4.79 Å². The second-order valence-corrected chi connectivity index (χ2v) is 7.29. The normalized spacial score (nSPS) is 12.7. The predicted octanol–water partition coefficient (Wildman–Crippen LogP) is 2.93. The van der Waals surface area contributed by atoms with E-state index in [1.807, 2.05) is 13.0 Å². The number of carboxylic acid groups (broad SMARTS) is 1. The topological polar surface area (TPSA) is 106 Å². The molecule has 0 bridgehead atoms. The minimum absolute atomic E-state index is 0.174. The van der Waals surface area contributed by atoms with Gasteiger partial charge in [0.05, 0.1) is 11.6 Å². The second kappa shape index (κ2) is 7.19. The molecule has 140 valence electrons. The Morgan fingerprint density at radius 3 is 2.50 bits per heavy atom. The first kappa shape index (κ1) is 19.5. The minimum atomic E-state index is -1.31. The molecule has 0 saturated carbocycles. The van der Waals surface area contributed by atoms with Crippen molar-refractivity contribution in [1.82, 2.24) is 5.32 Å². The molecule has 1 amide bonds. The van der Waals surface area contributed by atoms with E-state index in [1.54, 1.807) is 33.8 Å². The Morgan fingerprint density at radius 2 is 1.92 bits per heavy atom. The molecule has 1 aromatic heterocycles. The van der Waals surface area contributed by atoms with Gasteiger partial charge in [0.15, 0.2) is 5.43 Å². The Hall–Kier alpha value is -2.83. The first-order valence-electron chi connectivity index (χ1n) is 8.22. The van der Waals surface area contributed by atoms with E-state index < -0.39 is 23.7 Å². The molecule has 2 aromatic rings. The van der Waals surface area contributed by atoms with Crippen molar-refractivity contribution < 1.29 is 23.8 Å².